The molecule has 0 bridgehead atoms. The summed E-state index contributed by atoms with van der Waals surface area (Å²) in [7, 11) is 1.47. The van der Waals surface area contributed by atoms with Crippen LogP contribution in [-0.4, -0.2) is 21.6 Å². The van der Waals surface area contributed by atoms with Crippen molar-refractivity contribution in [2.45, 2.75) is 5.88 Å². The number of ether oxygens (including phenoxy) is 1. The molecule has 0 saturated heterocycles. The van der Waals surface area contributed by atoms with E-state index in [9.17, 15) is 8.78 Å². The van der Waals surface area contributed by atoms with Gasteiger partial charge in [0.25, 0.3) is 0 Å². The van der Waals surface area contributed by atoms with Gasteiger partial charge in [0.05, 0.1) is 18.7 Å². The van der Waals surface area contributed by atoms with E-state index in [1.165, 1.54) is 23.8 Å². The summed E-state index contributed by atoms with van der Waals surface area (Å²) >= 11 is 5.86. The van der Waals surface area contributed by atoms with Crippen molar-refractivity contribution >= 4 is 22.8 Å². The molecule has 7 heteroatoms. The Hall–Kier alpha value is -2.21. The summed E-state index contributed by atoms with van der Waals surface area (Å²) in [5.41, 5.74) is 0.888. The molecule has 0 aliphatic heterocycles. The molecule has 2 aromatic heterocycles. The summed E-state index contributed by atoms with van der Waals surface area (Å²) in [6.07, 6.45) is 0. The summed E-state index contributed by atoms with van der Waals surface area (Å²) in [5, 5.41) is 0. The van der Waals surface area contributed by atoms with Crippen molar-refractivity contribution in [2.24, 2.45) is 0 Å². The molecule has 4 nitrogen and oxygen atoms in total. The Morgan fingerprint density at radius 3 is 2.71 bits per heavy atom. The monoisotopic (exact) mass is 309 g/mol. The highest BCUT2D eigenvalue weighted by atomic mass is 35.5. The number of rotatable bonds is 3. The number of fused-ring (bicyclic) bond motifs is 1. The Balaban J connectivity index is 2.36. The SMILES string of the molecule is COc1ccc2nc(CCl)n(-c3cccc(F)c3F)c2n1. The van der Waals surface area contributed by atoms with Gasteiger partial charge in [0.15, 0.2) is 17.3 Å². The zero-order valence-corrected chi connectivity index (χ0v) is 11.7. The van der Waals surface area contributed by atoms with E-state index >= 15 is 0 Å². The van der Waals surface area contributed by atoms with Crippen LogP contribution in [0.5, 0.6) is 5.88 Å². The first kappa shape index (κ1) is 13.8. The van der Waals surface area contributed by atoms with Crippen LogP contribution in [0.25, 0.3) is 16.9 Å². The van der Waals surface area contributed by atoms with E-state index in [1.54, 1.807) is 12.1 Å². The molecule has 3 aromatic rings. The van der Waals surface area contributed by atoms with Gasteiger partial charge >= 0.3 is 0 Å². The van der Waals surface area contributed by atoms with E-state index in [0.717, 1.165) is 6.07 Å². The van der Waals surface area contributed by atoms with Gasteiger partial charge in [-0.25, -0.2) is 13.8 Å². The third kappa shape index (κ3) is 2.21. The van der Waals surface area contributed by atoms with Crippen molar-refractivity contribution < 1.29 is 13.5 Å². The highest BCUT2D eigenvalue weighted by Gasteiger charge is 2.18. The Bertz CT molecular complexity index is 819. The standard InChI is InChI=1S/C14H10ClF2N3O/c1-21-12-6-5-9-14(19-12)20(11(7-15)18-9)10-4-2-3-8(16)13(10)17/h2-6H,7H2,1H3. The van der Waals surface area contributed by atoms with Gasteiger partial charge in [0.2, 0.25) is 5.88 Å². The predicted molar refractivity (Wildman–Crippen MR) is 74.9 cm³/mol. The van der Waals surface area contributed by atoms with E-state index in [2.05, 4.69) is 9.97 Å². The zero-order chi connectivity index (χ0) is 15.0. The summed E-state index contributed by atoms with van der Waals surface area (Å²) in [5.74, 6) is -1.17. The number of pyridine rings is 1. The van der Waals surface area contributed by atoms with Crippen molar-refractivity contribution in [2.75, 3.05) is 7.11 Å². The van der Waals surface area contributed by atoms with Crippen molar-refractivity contribution in [3.63, 3.8) is 0 Å². The minimum Gasteiger partial charge on any atom is -0.481 e. The van der Waals surface area contributed by atoms with Gasteiger partial charge in [-0.1, -0.05) is 6.07 Å². The average molecular weight is 310 g/mol. The van der Waals surface area contributed by atoms with Gasteiger partial charge in [-0.05, 0) is 18.2 Å². The summed E-state index contributed by atoms with van der Waals surface area (Å²) < 4.78 is 34.0. The van der Waals surface area contributed by atoms with Crippen LogP contribution in [0.2, 0.25) is 0 Å². The molecule has 0 saturated carbocycles. The normalized spacial score (nSPS) is 11.0. The first-order valence-electron chi connectivity index (χ1n) is 6.08. The summed E-state index contributed by atoms with van der Waals surface area (Å²) in [4.78, 5) is 8.52. The van der Waals surface area contributed by atoms with Gasteiger partial charge in [0, 0.05) is 6.07 Å². The van der Waals surface area contributed by atoms with Crippen LogP contribution in [-0.2, 0) is 5.88 Å². The third-order valence-corrected chi connectivity index (χ3v) is 3.29. The highest BCUT2D eigenvalue weighted by Crippen LogP contribution is 2.25. The number of alkyl halides is 1. The second-order valence-electron chi connectivity index (χ2n) is 4.27. The van der Waals surface area contributed by atoms with Crippen LogP contribution in [0.1, 0.15) is 5.82 Å². The maximum absolute atomic E-state index is 14.1. The van der Waals surface area contributed by atoms with Crippen molar-refractivity contribution in [1.82, 2.24) is 14.5 Å². The van der Waals surface area contributed by atoms with Gasteiger partial charge in [-0.3, -0.25) is 4.57 Å². The summed E-state index contributed by atoms with van der Waals surface area (Å²) in [6.45, 7) is 0. The van der Waals surface area contributed by atoms with Gasteiger partial charge in [-0.2, -0.15) is 4.98 Å². The first-order valence-corrected chi connectivity index (χ1v) is 6.62. The van der Waals surface area contributed by atoms with Crippen molar-refractivity contribution in [3.8, 4) is 11.6 Å². The van der Waals surface area contributed by atoms with Crippen LogP contribution in [0, 0.1) is 11.6 Å². The predicted octanol–water partition coefficient (Wildman–Crippen LogP) is 3.45. The van der Waals surface area contributed by atoms with Crippen molar-refractivity contribution in [1.29, 1.82) is 0 Å². The molecule has 0 fully saturated rings. The molecule has 0 unspecified atom stereocenters. The first-order chi connectivity index (χ1) is 10.2. The molecule has 0 amide bonds. The average Bonchev–Trinajstić information content (AvgIpc) is 2.87. The number of nitrogens with zero attached hydrogens (tertiary/aromatic N) is 3. The maximum atomic E-state index is 14.1. The number of methoxy groups -OCH3 is 1. The van der Waals surface area contributed by atoms with Crippen molar-refractivity contribution in [3.05, 3.63) is 47.8 Å². The fourth-order valence-electron chi connectivity index (χ4n) is 2.11. The molecular formula is C14H10ClF2N3O. The Labute approximate surface area is 124 Å². The number of imidazole rings is 1. The Morgan fingerprint density at radius 1 is 1.19 bits per heavy atom. The number of benzene rings is 1. The maximum Gasteiger partial charge on any atom is 0.215 e. The molecular weight excluding hydrogens is 300 g/mol. The molecule has 0 aliphatic rings. The molecule has 108 valence electrons. The molecule has 0 spiro atoms. The molecule has 3 rings (SSSR count). The molecule has 21 heavy (non-hydrogen) atoms. The Kier molecular flexibility index (Phi) is 3.47. The molecule has 0 radical (unpaired) electrons. The molecule has 1 aromatic carbocycles. The highest BCUT2D eigenvalue weighted by molar-refractivity contribution is 6.16. The molecule has 0 aliphatic carbocycles. The van der Waals surface area contributed by atoms with E-state index < -0.39 is 11.6 Å². The van der Waals surface area contributed by atoms with Crippen LogP contribution in [0.15, 0.2) is 30.3 Å². The van der Waals surface area contributed by atoms with Crippen LogP contribution >= 0.6 is 11.6 Å². The van der Waals surface area contributed by atoms with E-state index in [-0.39, 0.29) is 11.6 Å². The minimum atomic E-state index is -0.979. The van der Waals surface area contributed by atoms with Crippen LogP contribution < -0.4 is 4.74 Å². The number of hydrogen-bond acceptors (Lipinski definition) is 3. The largest absolute Gasteiger partial charge is 0.481 e. The van der Waals surface area contributed by atoms with E-state index in [1.807, 2.05) is 0 Å². The lowest BCUT2D eigenvalue weighted by Crippen LogP contribution is -2.04. The summed E-state index contributed by atoms with van der Waals surface area (Å²) in [6, 6.07) is 7.23. The van der Waals surface area contributed by atoms with Gasteiger partial charge in [0.1, 0.15) is 11.3 Å². The van der Waals surface area contributed by atoms with E-state index in [4.69, 9.17) is 16.3 Å². The third-order valence-electron chi connectivity index (χ3n) is 3.05. The molecule has 0 N–H and O–H groups in total. The molecule has 2 heterocycles. The minimum absolute atomic E-state index is 0.00824. The fourth-order valence-corrected chi connectivity index (χ4v) is 2.29. The van der Waals surface area contributed by atoms with E-state index in [0.29, 0.717) is 22.9 Å². The number of hydrogen-bond donors (Lipinski definition) is 0. The molecule has 0 atom stereocenters. The Morgan fingerprint density at radius 2 is 2.00 bits per heavy atom. The lowest BCUT2D eigenvalue weighted by molar-refractivity contribution is 0.399. The zero-order valence-electron chi connectivity index (χ0n) is 11.0. The second kappa shape index (κ2) is 5.29. The number of halogens is 3. The van der Waals surface area contributed by atoms with Gasteiger partial charge < -0.3 is 4.74 Å². The van der Waals surface area contributed by atoms with Crippen LogP contribution in [0.3, 0.4) is 0 Å². The fraction of sp³-hybridized carbons (Fsp3) is 0.143. The lowest BCUT2D eigenvalue weighted by atomic mass is 10.3. The smallest absolute Gasteiger partial charge is 0.215 e. The van der Waals surface area contributed by atoms with Gasteiger partial charge in [-0.15, -0.1) is 11.6 Å². The van der Waals surface area contributed by atoms with Crippen LogP contribution in [0.4, 0.5) is 8.78 Å². The second-order valence-corrected chi connectivity index (χ2v) is 4.53. The number of aromatic nitrogens is 3. The topological polar surface area (TPSA) is 39.9 Å². The quantitative estimate of drug-likeness (QED) is 0.696. The lowest BCUT2D eigenvalue weighted by Gasteiger charge is -2.09.